The smallest absolute Gasteiger partial charge is 0.177 e. The fourth-order valence-corrected chi connectivity index (χ4v) is 1.64. The normalized spacial score (nSPS) is 9.43. The first-order valence-electron chi connectivity index (χ1n) is 3.97. The van der Waals surface area contributed by atoms with Crippen molar-refractivity contribution in [3.8, 4) is 6.07 Å². The molecule has 0 radical (unpaired) electrons. The van der Waals surface area contributed by atoms with Gasteiger partial charge in [-0.25, -0.2) is 0 Å². The summed E-state index contributed by atoms with van der Waals surface area (Å²) < 4.78 is 0. The molecule has 72 valence electrons. The van der Waals surface area contributed by atoms with Crippen LogP contribution in [0.3, 0.4) is 0 Å². The number of carbonyl (C=O) groups excluding carboxylic acids is 1. The molecule has 0 aromatic heterocycles. The van der Waals surface area contributed by atoms with E-state index in [9.17, 15) is 4.79 Å². The van der Waals surface area contributed by atoms with Crippen LogP contribution < -0.4 is 0 Å². The molecule has 0 N–H and O–H groups in total. The first-order chi connectivity index (χ1) is 6.77. The van der Waals surface area contributed by atoms with E-state index in [0.717, 1.165) is 4.90 Å². The van der Waals surface area contributed by atoms with Crippen molar-refractivity contribution in [2.24, 2.45) is 0 Å². The lowest BCUT2D eigenvalue weighted by molar-refractivity contribution is 0.102. The average Bonchev–Trinajstić information content (AvgIpc) is 2.26. The van der Waals surface area contributed by atoms with Gasteiger partial charge in [0.2, 0.25) is 0 Å². The molecule has 0 aliphatic heterocycles. The summed E-state index contributed by atoms with van der Waals surface area (Å²) in [6.07, 6.45) is 0. The second-order valence-corrected chi connectivity index (χ2v) is 3.84. The molecule has 0 bridgehead atoms. The maximum absolute atomic E-state index is 11.1. The van der Waals surface area contributed by atoms with Crippen LogP contribution in [0.25, 0.3) is 0 Å². The number of nitriles is 1. The van der Waals surface area contributed by atoms with Crippen LogP contribution in [0.2, 0.25) is 0 Å². The van der Waals surface area contributed by atoms with Crippen LogP contribution in [0.4, 0.5) is 0 Å². The van der Waals surface area contributed by atoms with Gasteiger partial charge < -0.3 is 0 Å². The van der Waals surface area contributed by atoms with Gasteiger partial charge in [0.25, 0.3) is 0 Å². The number of benzene rings is 1. The molecule has 1 aromatic rings. The van der Waals surface area contributed by atoms with Gasteiger partial charge in [0.1, 0.15) is 0 Å². The molecular formula is C10H8ClNOS. The van der Waals surface area contributed by atoms with Gasteiger partial charge in [0.15, 0.2) is 5.78 Å². The Morgan fingerprint density at radius 3 is 2.57 bits per heavy atom. The molecule has 0 saturated carbocycles. The van der Waals surface area contributed by atoms with Gasteiger partial charge >= 0.3 is 0 Å². The predicted octanol–water partition coefficient (Wildman–Crippen LogP) is 2.72. The van der Waals surface area contributed by atoms with Crippen LogP contribution in [0.15, 0.2) is 29.2 Å². The number of nitrogens with zero attached hydrogens (tertiary/aromatic N) is 1. The summed E-state index contributed by atoms with van der Waals surface area (Å²) in [5, 5.41) is 8.37. The summed E-state index contributed by atoms with van der Waals surface area (Å²) in [7, 11) is 0. The average molecular weight is 226 g/mol. The van der Waals surface area contributed by atoms with Crippen LogP contribution in [-0.4, -0.2) is 17.4 Å². The third kappa shape index (κ3) is 3.06. The van der Waals surface area contributed by atoms with Crippen molar-refractivity contribution in [3.63, 3.8) is 0 Å². The lowest BCUT2D eigenvalue weighted by Gasteiger charge is -1.99. The first-order valence-corrected chi connectivity index (χ1v) is 5.49. The lowest BCUT2D eigenvalue weighted by atomic mass is 10.1. The Labute approximate surface area is 91.9 Å². The Hall–Kier alpha value is -0.980. The van der Waals surface area contributed by atoms with Crippen LogP contribution >= 0.6 is 23.4 Å². The zero-order chi connectivity index (χ0) is 10.4. The molecule has 1 aromatic carbocycles. The van der Waals surface area contributed by atoms with Crippen molar-refractivity contribution >= 4 is 29.1 Å². The first kappa shape index (κ1) is 11.1. The summed E-state index contributed by atoms with van der Waals surface area (Å²) in [5.74, 6) is 0.344. The molecule has 2 nitrogen and oxygen atoms in total. The monoisotopic (exact) mass is 225 g/mol. The van der Waals surface area contributed by atoms with E-state index >= 15 is 0 Å². The number of hydrogen-bond acceptors (Lipinski definition) is 3. The van der Waals surface area contributed by atoms with Crippen molar-refractivity contribution in [2.45, 2.75) is 4.90 Å². The molecule has 0 unspecified atom stereocenters. The summed E-state index contributed by atoms with van der Waals surface area (Å²) in [6.45, 7) is 0. The van der Waals surface area contributed by atoms with E-state index in [1.165, 1.54) is 11.8 Å². The molecule has 0 amide bonds. The molecule has 0 aliphatic rings. The zero-order valence-corrected chi connectivity index (χ0v) is 8.94. The summed E-state index contributed by atoms with van der Waals surface area (Å²) in [5.41, 5.74) is 0.612. The van der Waals surface area contributed by atoms with Crippen LogP contribution in [0, 0.1) is 11.3 Å². The quantitative estimate of drug-likeness (QED) is 0.450. The largest absolute Gasteiger partial charge is 0.293 e. The SMILES string of the molecule is N#CCSc1ccc(C(=O)CCl)cc1. The number of ketones is 1. The highest BCUT2D eigenvalue weighted by Crippen LogP contribution is 2.17. The minimum Gasteiger partial charge on any atom is -0.293 e. The molecule has 0 heterocycles. The third-order valence-corrected chi connectivity index (χ3v) is 2.72. The summed E-state index contributed by atoms with van der Waals surface area (Å²) in [6, 6.07) is 9.14. The second kappa shape index (κ2) is 5.69. The van der Waals surface area contributed by atoms with Crippen LogP contribution in [0.1, 0.15) is 10.4 Å². The number of thioether (sulfide) groups is 1. The maximum Gasteiger partial charge on any atom is 0.177 e. The van der Waals surface area contributed by atoms with E-state index in [1.807, 2.05) is 18.2 Å². The number of carbonyl (C=O) groups is 1. The van der Waals surface area contributed by atoms with E-state index in [4.69, 9.17) is 16.9 Å². The number of halogens is 1. The highest BCUT2D eigenvalue weighted by molar-refractivity contribution is 7.99. The van der Waals surface area contributed by atoms with E-state index in [2.05, 4.69) is 0 Å². The Kier molecular flexibility index (Phi) is 4.51. The molecule has 0 fully saturated rings. The fourth-order valence-electron chi connectivity index (χ4n) is 0.930. The van der Waals surface area contributed by atoms with Gasteiger partial charge in [0.05, 0.1) is 17.7 Å². The van der Waals surface area contributed by atoms with Crippen molar-refractivity contribution in [3.05, 3.63) is 29.8 Å². The number of rotatable bonds is 4. The Bertz CT molecular complexity index is 355. The molecule has 0 spiro atoms. The summed E-state index contributed by atoms with van der Waals surface area (Å²) in [4.78, 5) is 12.1. The topological polar surface area (TPSA) is 40.9 Å². The molecule has 0 saturated heterocycles. The molecule has 0 aliphatic carbocycles. The number of alkyl halides is 1. The zero-order valence-electron chi connectivity index (χ0n) is 7.37. The fraction of sp³-hybridized carbons (Fsp3) is 0.200. The minimum atomic E-state index is -0.0801. The molecule has 0 atom stereocenters. The minimum absolute atomic E-state index is 0.00465. The Morgan fingerprint density at radius 2 is 2.07 bits per heavy atom. The van der Waals surface area contributed by atoms with Crippen molar-refractivity contribution < 1.29 is 4.79 Å². The van der Waals surface area contributed by atoms with E-state index in [-0.39, 0.29) is 11.7 Å². The summed E-state index contributed by atoms with van der Waals surface area (Å²) >= 11 is 6.86. The van der Waals surface area contributed by atoms with Gasteiger partial charge in [0, 0.05) is 10.5 Å². The molecular weight excluding hydrogens is 218 g/mol. The number of hydrogen-bond donors (Lipinski definition) is 0. The molecule has 14 heavy (non-hydrogen) atoms. The Morgan fingerprint density at radius 1 is 1.43 bits per heavy atom. The Balaban J connectivity index is 2.69. The maximum atomic E-state index is 11.1. The van der Waals surface area contributed by atoms with Crippen LogP contribution in [0.5, 0.6) is 0 Å². The van der Waals surface area contributed by atoms with Crippen molar-refractivity contribution in [1.29, 1.82) is 5.26 Å². The van der Waals surface area contributed by atoms with Gasteiger partial charge in [-0.05, 0) is 12.1 Å². The van der Waals surface area contributed by atoms with Crippen molar-refractivity contribution in [2.75, 3.05) is 11.6 Å². The number of Topliss-reactive ketones (excluding diaryl/α,β-unsaturated/α-hetero) is 1. The van der Waals surface area contributed by atoms with Gasteiger partial charge in [-0.3, -0.25) is 4.79 Å². The molecule has 4 heteroatoms. The standard InChI is InChI=1S/C10H8ClNOS/c11-7-10(13)8-1-3-9(4-2-8)14-6-5-12/h1-4H,6-7H2. The molecule has 1 rings (SSSR count). The van der Waals surface area contributed by atoms with E-state index < -0.39 is 0 Å². The predicted molar refractivity (Wildman–Crippen MR) is 57.8 cm³/mol. The van der Waals surface area contributed by atoms with Gasteiger partial charge in [-0.15, -0.1) is 23.4 Å². The highest BCUT2D eigenvalue weighted by atomic mass is 35.5. The van der Waals surface area contributed by atoms with Crippen molar-refractivity contribution in [1.82, 2.24) is 0 Å². The van der Waals surface area contributed by atoms with Gasteiger partial charge in [-0.1, -0.05) is 12.1 Å². The van der Waals surface area contributed by atoms with Gasteiger partial charge in [-0.2, -0.15) is 5.26 Å². The van der Waals surface area contributed by atoms with E-state index in [0.29, 0.717) is 11.3 Å². The van der Waals surface area contributed by atoms with E-state index in [1.54, 1.807) is 12.1 Å². The highest BCUT2D eigenvalue weighted by Gasteiger charge is 2.03. The lowest BCUT2D eigenvalue weighted by Crippen LogP contribution is -1.99. The van der Waals surface area contributed by atoms with Crippen LogP contribution in [-0.2, 0) is 0 Å². The second-order valence-electron chi connectivity index (χ2n) is 2.53. The third-order valence-electron chi connectivity index (χ3n) is 1.60.